The number of amides is 1. The summed E-state index contributed by atoms with van der Waals surface area (Å²) >= 11 is 0. The van der Waals surface area contributed by atoms with Gasteiger partial charge in [-0.15, -0.1) is 0 Å². The van der Waals surface area contributed by atoms with Gasteiger partial charge in [0.25, 0.3) is 0 Å². The summed E-state index contributed by atoms with van der Waals surface area (Å²) in [7, 11) is 0. The zero-order valence-electron chi connectivity index (χ0n) is 7.52. The van der Waals surface area contributed by atoms with Crippen molar-refractivity contribution in [3.63, 3.8) is 0 Å². The van der Waals surface area contributed by atoms with Crippen LogP contribution in [0.15, 0.2) is 0 Å². The first-order chi connectivity index (χ1) is 6.11. The molecular formula is C8H13NO4. The Kier molecular flexibility index (Phi) is 3.25. The average molecular weight is 187 g/mol. The number of carbonyl (C=O) groups excluding carboxylic acids is 1. The maximum atomic E-state index is 11.1. The Labute approximate surface area is 76.3 Å². The molecule has 0 bridgehead atoms. The van der Waals surface area contributed by atoms with E-state index in [0.717, 1.165) is 6.42 Å². The summed E-state index contributed by atoms with van der Waals surface area (Å²) in [6.07, 6.45) is 0.729. The van der Waals surface area contributed by atoms with Crippen LogP contribution in [0.3, 0.4) is 0 Å². The van der Waals surface area contributed by atoms with Gasteiger partial charge in [-0.3, -0.25) is 9.59 Å². The standard InChI is InChI=1S/C8H13NO4/c1-6(10)9(4-8(11)12)7-2-3-13-5-7/h7H,2-5H2,1H3,(H,11,12)/t7-/m1/s1. The lowest BCUT2D eigenvalue weighted by Crippen LogP contribution is -2.42. The molecule has 0 aliphatic carbocycles. The van der Waals surface area contributed by atoms with Crippen LogP contribution in [0.4, 0.5) is 0 Å². The molecule has 1 N–H and O–H groups in total. The van der Waals surface area contributed by atoms with Crippen molar-refractivity contribution in [3.05, 3.63) is 0 Å². The fraction of sp³-hybridized carbons (Fsp3) is 0.750. The molecule has 0 aromatic rings. The largest absolute Gasteiger partial charge is 0.480 e. The van der Waals surface area contributed by atoms with Crippen LogP contribution in [-0.2, 0) is 14.3 Å². The lowest BCUT2D eigenvalue weighted by Gasteiger charge is -2.24. The number of aliphatic carboxylic acids is 1. The van der Waals surface area contributed by atoms with Gasteiger partial charge in [-0.05, 0) is 6.42 Å². The van der Waals surface area contributed by atoms with Gasteiger partial charge in [-0.25, -0.2) is 0 Å². The molecule has 0 radical (unpaired) electrons. The molecule has 1 fully saturated rings. The van der Waals surface area contributed by atoms with Crippen LogP contribution in [0.5, 0.6) is 0 Å². The fourth-order valence-electron chi connectivity index (χ4n) is 1.41. The minimum absolute atomic E-state index is 0.0615. The first kappa shape index (κ1) is 9.98. The predicted molar refractivity (Wildman–Crippen MR) is 44.2 cm³/mol. The lowest BCUT2D eigenvalue weighted by molar-refractivity contribution is -0.145. The normalized spacial score (nSPS) is 21.5. The monoisotopic (exact) mass is 187 g/mol. The number of carbonyl (C=O) groups is 2. The summed E-state index contributed by atoms with van der Waals surface area (Å²) in [5, 5.41) is 8.56. The van der Waals surface area contributed by atoms with Crippen molar-refractivity contribution >= 4 is 11.9 Å². The number of carboxylic acid groups (broad SMARTS) is 1. The van der Waals surface area contributed by atoms with E-state index in [2.05, 4.69) is 0 Å². The molecule has 1 heterocycles. The molecule has 0 aromatic carbocycles. The Bertz CT molecular complexity index is 210. The fourth-order valence-corrected chi connectivity index (χ4v) is 1.41. The Balaban J connectivity index is 2.55. The molecule has 0 aromatic heterocycles. The summed E-state index contributed by atoms with van der Waals surface area (Å²) in [6.45, 7) is 2.20. The van der Waals surface area contributed by atoms with Crippen LogP contribution in [0, 0.1) is 0 Å². The van der Waals surface area contributed by atoms with E-state index in [0.29, 0.717) is 13.2 Å². The van der Waals surface area contributed by atoms with Gasteiger partial charge >= 0.3 is 5.97 Å². The highest BCUT2D eigenvalue weighted by Crippen LogP contribution is 2.12. The van der Waals surface area contributed by atoms with Crippen molar-refractivity contribution in [2.24, 2.45) is 0 Å². The third kappa shape index (κ3) is 2.69. The highest BCUT2D eigenvalue weighted by Gasteiger charge is 2.26. The van der Waals surface area contributed by atoms with Crippen molar-refractivity contribution in [3.8, 4) is 0 Å². The zero-order chi connectivity index (χ0) is 9.84. The van der Waals surface area contributed by atoms with Gasteiger partial charge in [0, 0.05) is 13.5 Å². The van der Waals surface area contributed by atoms with E-state index < -0.39 is 5.97 Å². The van der Waals surface area contributed by atoms with Gasteiger partial charge in [-0.2, -0.15) is 0 Å². The minimum Gasteiger partial charge on any atom is -0.480 e. The van der Waals surface area contributed by atoms with Gasteiger partial charge in [0.1, 0.15) is 6.54 Å². The Morgan fingerprint density at radius 2 is 2.31 bits per heavy atom. The molecule has 1 rings (SSSR count). The van der Waals surface area contributed by atoms with Crippen molar-refractivity contribution in [2.75, 3.05) is 19.8 Å². The van der Waals surface area contributed by atoms with Gasteiger partial charge < -0.3 is 14.7 Å². The van der Waals surface area contributed by atoms with Crippen molar-refractivity contribution in [1.29, 1.82) is 0 Å². The van der Waals surface area contributed by atoms with Crippen LogP contribution in [0.2, 0.25) is 0 Å². The molecule has 0 saturated carbocycles. The highest BCUT2D eigenvalue weighted by atomic mass is 16.5. The van der Waals surface area contributed by atoms with Gasteiger partial charge in [0.05, 0.1) is 12.6 Å². The summed E-state index contributed by atoms with van der Waals surface area (Å²) in [6, 6.07) is -0.0615. The molecule has 1 atom stereocenters. The van der Waals surface area contributed by atoms with Crippen LogP contribution >= 0.6 is 0 Å². The number of ether oxygens (including phenoxy) is 1. The molecule has 74 valence electrons. The average Bonchev–Trinajstić information content (AvgIpc) is 2.50. The van der Waals surface area contributed by atoms with Crippen LogP contribution in [0.25, 0.3) is 0 Å². The van der Waals surface area contributed by atoms with Crippen molar-refractivity contribution in [1.82, 2.24) is 4.90 Å². The minimum atomic E-state index is -0.984. The van der Waals surface area contributed by atoms with Gasteiger partial charge in [0.15, 0.2) is 0 Å². The zero-order valence-corrected chi connectivity index (χ0v) is 7.52. The third-order valence-electron chi connectivity index (χ3n) is 2.06. The van der Waals surface area contributed by atoms with E-state index >= 15 is 0 Å². The number of hydrogen-bond donors (Lipinski definition) is 1. The molecule has 13 heavy (non-hydrogen) atoms. The summed E-state index contributed by atoms with van der Waals surface area (Å²) < 4.78 is 5.08. The molecule has 5 nitrogen and oxygen atoms in total. The third-order valence-corrected chi connectivity index (χ3v) is 2.06. The van der Waals surface area contributed by atoms with Crippen molar-refractivity contribution < 1.29 is 19.4 Å². The molecule has 5 heteroatoms. The number of carboxylic acids is 1. The van der Waals surface area contributed by atoms with Crippen LogP contribution < -0.4 is 0 Å². The molecular weight excluding hydrogens is 174 g/mol. The smallest absolute Gasteiger partial charge is 0.323 e. The van der Waals surface area contributed by atoms with E-state index in [-0.39, 0.29) is 18.5 Å². The van der Waals surface area contributed by atoms with E-state index in [1.165, 1.54) is 11.8 Å². The molecule has 0 unspecified atom stereocenters. The van der Waals surface area contributed by atoms with E-state index in [4.69, 9.17) is 9.84 Å². The Morgan fingerprint density at radius 1 is 1.62 bits per heavy atom. The predicted octanol–water partition coefficient (Wildman–Crippen LogP) is -0.292. The second-order valence-electron chi connectivity index (χ2n) is 3.06. The summed E-state index contributed by atoms with van der Waals surface area (Å²) in [4.78, 5) is 22.9. The second-order valence-corrected chi connectivity index (χ2v) is 3.06. The molecule has 1 saturated heterocycles. The SMILES string of the molecule is CC(=O)N(CC(=O)O)[C@@H]1CCOC1. The van der Waals surface area contributed by atoms with E-state index in [1.807, 2.05) is 0 Å². The Hall–Kier alpha value is -1.10. The van der Waals surface area contributed by atoms with Crippen molar-refractivity contribution in [2.45, 2.75) is 19.4 Å². The quantitative estimate of drug-likeness (QED) is 0.659. The van der Waals surface area contributed by atoms with E-state index in [1.54, 1.807) is 0 Å². The van der Waals surface area contributed by atoms with Crippen LogP contribution in [-0.4, -0.2) is 47.7 Å². The molecule has 0 spiro atoms. The topological polar surface area (TPSA) is 66.8 Å². The highest BCUT2D eigenvalue weighted by molar-refractivity contribution is 5.79. The number of hydrogen-bond acceptors (Lipinski definition) is 3. The maximum absolute atomic E-state index is 11.1. The number of rotatable bonds is 3. The molecule has 1 aliphatic heterocycles. The van der Waals surface area contributed by atoms with Gasteiger partial charge in [-0.1, -0.05) is 0 Å². The van der Waals surface area contributed by atoms with Crippen LogP contribution in [0.1, 0.15) is 13.3 Å². The molecule has 1 amide bonds. The second kappa shape index (κ2) is 4.23. The summed E-state index contributed by atoms with van der Waals surface area (Å²) in [5.74, 6) is -1.19. The summed E-state index contributed by atoms with van der Waals surface area (Å²) in [5.41, 5.74) is 0. The maximum Gasteiger partial charge on any atom is 0.323 e. The molecule has 1 aliphatic rings. The first-order valence-electron chi connectivity index (χ1n) is 4.18. The lowest BCUT2D eigenvalue weighted by atomic mass is 10.2. The van der Waals surface area contributed by atoms with Gasteiger partial charge in [0.2, 0.25) is 5.91 Å². The Morgan fingerprint density at radius 3 is 2.69 bits per heavy atom. The number of nitrogens with zero attached hydrogens (tertiary/aromatic N) is 1. The first-order valence-corrected chi connectivity index (χ1v) is 4.18. The van der Waals surface area contributed by atoms with E-state index in [9.17, 15) is 9.59 Å².